The number of aryl methyl sites for hydroxylation is 6. The normalized spacial score (nSPS) is 13.5. The number of likely N-dealkylation sites (N-methyl/N-ethyl adjacent to an activating group) is 2. The zero-order valence-corrected chi connectivity index (χ0v) is 58.7. The fourth-order valence-electron chi connectivity index (χ4n) is 12.1. The maximum absolute atomic E-state index is 16.7. The SMILES string of the molecule is CCOC(=O)C[C@H](NC(=O)C(CC(C)C)n1cc(CCN(C)C)c(C(F)(F)F)cc1=O)c1c(F)c(C)cc(-c2c(C)cc(C(F)(F)F)cc2C)c1F.Cc1cc(-c2c(C)cc(C(F)(F)F)cc2C)c(F)c([C@H](CC(=O)O)NC(=O)C(CC(C)C)n2cc(CCN(C)C)c(C(F)(F)F)cc2=O)c1F. The van der Waals surface area contributed by atoms with E-state index in [0.717, 1.165) is 57.9 Å². The van der Waals surface area contributed by atoms with E-state index in [1.165, 1.54) is 48.5 Å². The van der Waals surface area contributed by atoms with Gasteiger partial charge in [-0.3, -0.25) is 28.8 Å². The molecule has 6 rings (SSSR count). The van der Waals surface area contributed by atoms with Crippen LogP contribution in [0.5, 0.6) is 0 Å². The van der Waals surface area contributed by atoms with Gasteiger partial charge in [-0.25, -0.2) is 17.6 Å². The second-order valence-electron chi connectivity index (χ2n) is 26.6. The summed E-state index contributed by atoms with van der Waals surface area (Å²) >= 11 is 0. The van der Waals surface area contributed by atoms with Crippen LogP contribution in [-0.4, -0.2) is 95.7 Å². The van der Waals surface area contributed by atoms with Gasteiger partial charge in [0.25, 0.3) is 11.1 Å². The molecule has 2 aromatic heterocycles. The number of amides is 2. The molecule has 0 saturated carbocycles. The quantitative estimate of drug-likeness (QED) is 0.0370. The summed E-state index contributed by atoms with van der Waals surface area (Å²) in [5, 5.41) is 14.5. The Kier molecular flexibility index (Phi) is 27.8. The van der Waals surface area contributed by atoms with Crippen molar-refractivity contribution in [1.82, 2.24) is 29.6 Å². The molecule has 560 valence electrons. The number of aromatic nitrogens is 2. The topological polar surface area (TPSA) is 172 Å². The van der Waals surface area contributed by atoms with Gasteiger partial charge in [0.05, 0.1) is 53.8 Å². The molecule has 0 aliphatic heterocycles. The Bertz CT molecular complexity index is 4140. The van der Waals surface area contributed by atoms with Gasteiger partial charge in [0.2, 0.25) is 11.8 Å². The number of pyridine rings is 2. The minimum absolute atomic E-state index is 0.000467. The highest BCUT2D eigenvalue weighted by Crippen LogP contribution is 2.43. The van der Waals surface area contributed by atoms with Crippen LogP contribution in [0.1, 0.15) is 162 Å². The van der Waals surface area contributed by atoms with E-state index in [-0.39, 0.29) is 124 Å². The molecule has 102 heavy (non-hydrogen) atoms. The molecule has 2 amide bonds. The molecule has 2 heterocycles. The van der Waals surface area contributed by atoms with E-state index in [2.05, 4.69) is 10.6 Å². The van der Waals surface area contributed by atoms with E-state index in [1.54, 1.807) is 65.7 Å². The summed E-state index contributed by atoms with van der Waals surface area (Å²) < 4.78 is 236. The lowest BCUT2D eigenvalue weighted by Gasteiger charge is -2.27. The number of rotatable bonds is 25. The molecule has 0 saturated heterocycles. The maximum Gasteiger partial charge on any atom is 0.416 e. The predicted octanol–water partition coefficient (Wildman–Crippen LogP) is 16.0. The zero-order valence-electron chi connectivity index (χ0n) is 58.7. The number of nitrogens with zero attached hydrogens (tertiary/aromatic N) is 4. The first-order valence-electron chi connectivity index (χ1n) is 32.2. The Morgan fingerprint density at radius 2 is 0.814 bits per heavy atom. The fourth-order valence-corrected chi connectivity index (χ4v) is 12.1. The van der Waals surface area contributed by atoms with Gasteiger partial charge in [-0.05, 0) is 206 Å². The number of carbonyl (C=O) groups is 4. The van der Waals surface area contributed by atoms with Gasteiger partial charge in [0.15, 0.2) is 0 Å². The number of benzene rings is 4. The third-order valence-electron chi connectivity index (χ3n) is 16.7. The molecule has 3 N–H and O–H groups in total. The largest absolute Gasteiger partial charge is 0.481 e. The Morgan fingerprint density at radius 3 is 1.09 bits per heavy atom. The molecule has 0 bridgehead atoms. The first kappa shape index (κ1) is 84.1. The van der Waals surface area contributed by atoms with Crippen LogP contribution in [0, 0.1) is 76.6 Å². The summed E-state index contributed by atoms with van der Waals surface area (Å²) in [4.78, 5) is 82.4. The highest BCUT2D eigenvalue weighted by molar-refractivity contribution is 5.84. The Hall–Kier alpha value is -8.54. The van der Waals surface area contributed by atoms with Gasteiger partial charge in [-0.15, -0.1) is 0 Å². The smallest absolute Gasteiger partial charge is 0.416 e. The number of hydrogen-bond acceptors (Lipinski definition) is 9. The van der Waals surface area contributed by atoms with Crippen molar-refractivity contribution in [3.05, 3.63) is 183 Å². The van der Waals surface area contributed by atoms with E-state index >= 15 is 17.6 Å². The maximum atomic E-state index is 16.7. The highest BCUT2D eigenvalue weighted by Gasteiger charge is 2.41. The van der Waals surface area contributed by atoms with Crippen LogP contribution in [0.4, 0.5) is 70.2 Å². The van der Waals surface area contributed by atoms with Crippen LogP contribution < -0.4 is 21.8 Å². The Morgan fingerprint density at radius 1 is 0.490 bits per heavy atom. The highest BCUT2D eigenvalue weighted by atomic mass is 19.4. The molecule has 0 fully saturated rings. The summed E-state index contributed by atoms with van der Waals surface area (Å²) in [6.07, 6.45) is -19.6. The lowest BCUT2D eigenvalue weighted by Crippen LogP contribution is -2.41. The molecule has 14 nitrogen and oxygen atoms in total. The first-order chi connectivity index (χ1) is 46.9. The van der Waals surface area contributed by atoms with E-state index < -0.39 is 153 Å². The molecule has 6 aromatic rings. The van der Waals surface area contributed by atoms with Crippen molar-refractivity contribution in [2.24, 2.45) is 11.8 Å². The lowest BCUT2D eigenvalue weighted by atomic mass is 9.88. The van der Waals surface area contributed by atoms with E-state index in [0.29, 0.717) is 12.1 Å². The molecule has 0 aliphatic carbocycles. The van der Waals surface area contributed by atoms with Crippen molar-refractivity contribution in [2.75, 3.05) is 47.9 Å². The summed E-state index contributed by atoms with van der Waals surface area (Å²) in [7, 11) is 6.57. The summed E-state index contributed by atoms with van der Waals surface area (Å²) in [5.41, 5.74) is -9.75. The van der Waals surface area contributed by atoms with Gasteiger partial charge in [-0.2, -0.15) is 52.7 Å². The van der Waals surface area contributed by atoms with Gasteiger partial charge in [0, 0.05) is 59.9 Å². The molecular formula is C72H82F16N6O8. The number of aliphatic carboxylic acids is 1. The van der Waals surface area contributed by atoms with Crippen molar-refractivity contribution in [3.8, 4) is 22.3 Å². The number of carboxylic acid groups (broad SMARTS) is 1. The zero-order chi connectivity index (χ0) is 77.5. The number of carboxylic acids is 1. The standard InChI is InChI=1S/C37H43F8N3O4.C35H39F8N3O4/c1-9-52-30(50)17-27(32-33(38)22(6)15-25(34(32)39)31-20(4)13-24(14-21(31)5)36(40,41)42)46-35(51)28(12-19(2)3)48-18-23(10-11-47(7)8)26(16-29(48)49)37(43,44)45;1-17(2)10-26(46-16-21(8-9-45(6)7)24(14-27(46)47)35(41,42)43)33(50)44-25(15-28(48)49)30-31(36)20(5)13-23(32(30)37)29-18(3)11-22(12-19(29)4)34(38,39)40/h13-16,18-19,27-28H,9-12,17H2,1-8H3,(H,46,51);11-14,16-17,25-26H,8-10,15H2,1-7H3,(H,44,50)(H,48,49)/t27-,28?;25-,26?/m00/s1. The van der Waals surface area contributed by atoms with Crippen LogP contribution in [0.2, 0.25) is 0 Å². The van der Waals surface area contributed by atoms with E-state index in [4.69, 9.17) is 4.74 Å². The van der Waals surface area contributed by atoms with Gasteiger partial charge in [-0.1, -0.05) is 27.7 Å². The first-order valence-corrected chi connectivity index (χ1v) is 32.2. The molecule has 4 atom stereocenters. The molecular weight excluding hydrogens is 1380 g/mol. The number of carbonyl (C=O) groups excluding carboxylic acids is 3. The minimum atomic E-state index is -4.88. The second-order valence-corrected chi connectivity index (χ2v) is 26.6. The fraction of sp³-hybridized carbons (Fsp3) is 0.472. The Balaban J connectivity index is 0.000000367. The molecule has 4 aromatic carbocycles. The van der Waals surface area contributed by atoms with Gasteiger partial charge >= 0.3 is 36.6 Å². The summed E-state index contributed by atoms with van der Waals surface area (Å²) in [6, 6.07) is -0.482. The third-order valence-corrected chi connectivity index (χ3v) is 16.7. The Labute approximate surface area is 579 Å². The van der Waals surface area contributed by atoms with Crippen LogP contribution in [0.3, 0.4) is 0 Å². The van der Waals surface area contributed by atoms with Crippen molar-refractivity contribution in [2.45, 2.75) is 164 Å². The second kappa shape index (κ2) is 33.7. The molecule has 0 aliphatic rings. The van der Waals surface area contributed by atoms with E-state index in [1.807, 2.05) is 0 Å². The summed E-state index contributed by atoms with van der Waals surface area (Å²) in [5.74, 6) is -10.3. The number of hydrogen-bond donors (Lipinski definition) is 3. The van der Waals surface area contributed by atoms with Crippen LogP contribution in [0.15, 0.2) is 70.5 Å². The average molecular weight is 1460 g/mol. The van der Waals surface area contributed by atoms with Crippen LogP contribution in [-0.2, 0) is 61.5 Å². The molecule has 30 heteroatoms. The monoisotopic (exact) mass is 1460 g/mol. The summed E-state index contributed by atoms with van der Waals surface area (Å²) in [6.45, 7) is 16.2. The van der Waals surface area contributed by atoms with Gasteiger partial charge < -0.3 is 39.4 Å². The van der Waals surface area contributed by atoms with Crippen molar-refractivity contribution >= 4 is 23.8 Å². The molecule has 2 unspecified atom stereocenters. The lowest BCUT2D eigenvalue weighted by molar-refractivity contribution is -0.144. The number of alkyl halides is 12. The number of halogens is 16. The number of ether oxygens (including phenoxy) is 1. The van der Waals surface area contributed by atoms with Crippen molar-refractivity contribution in [1.29, 1.82) is 0 Å². The van der Waals surface area contributed by atoms with Crippen molar-refractivity contribution in [3.63, 3.8) is 0 Å². The van der Waals surface area contributed by atoms with Gasteiger partial charge in [0.1, 0.15) is 35.4 Å². The predicted molar refractivity (Wildman–Crippen MR) is 350 cm³/mol. The van der Waals surface area contributed by atoms with E-state index in [9.17, 15) is 86.6 Å². The van der Waals surface area contributed by atoms with Crippen molar-refractivity contribution < 1.29 is 99.3 Å². The number of nitrogens with one attached hydrogen (secondary N) is 2. The van der Waals surface area contributed by atoms with Crippen LogP contribution in [0.25, 0.3) is 22.3 Å². The van der Waals surface area contributed by atoms with Crippen LogP contribution >= 0.6 is 0 Å². The number of esters is 1. The molecule has 0 radical (unpaired) electrons. The minimum Gasteiger partial charge on any atom is -0.481 e. The third kappa shape index (κ3) is 21.1. The molecule has 0 spiro atoms. The average Bonchev–Trinajstić information content (AvgIpc) is 0.769.